The van der Waals surface area contributed by atoms with E-state index in [1.807, 2.05) is 12.1 Å². The lowest BCUT2D eigenvalue weighted by atomic mass is 10.1. The van der Waals surface area contributed by atoms with Crippen molar-refractivity contribution < 1.29 is 9.63 Å². The summed E-state index contributed by atoms with van der Waals surface area (Å²) in [7, 11) is 1.77. The lowest BCUT2D eigenvalue weighted by molar-refractivity contribution is 0.380. The number of hydrogen-bond donors (Lipinski definition) is 3. The van der Waals surface area contributed by atoms with Crippen LogP contribution in [0.5, 0.6) is 5.75 Å². The third-order valence-corrected chi connectivity index (χ3v) is 4.13. The summed E-state index contributed by atoms with van der Waals surface area (Å²) in [5, 5.41) is 20.1. The van der Waals surface area contributed by atoms with E-state index in [-0.39, 0.29) is 24.0 Å². The number of phenols is 1. The summed E-state index contributed by atoms with van der Waals surface area (Å²) < 4.78 is 5.39. The first-order valence-corrected chi connectivity index (χ1v) is 8.86. The Morgan fingerprint density at radius 2 is 1.88 bits per heavy atom. The average Bonchev–Trinajstić information content (AvgIpc) is 3.04. The number of aryl methyl sites for hydroxylation is 3. The lowest BCUT2D eigenvalue weighted by Crippen LogP contribution is -2.37. The van der Waals surface area contributed by atoms with Crippen LogP contribution in [0.2, 0.25) is 0 Å². The van der Waals surface area contributed by atoms with Crippen LogP contribution in [0.3, 0.4) is 0 Å². The van der Waals surface area contributed by atoms with Gasteiger partial charge >= 0.3 is 0 Å². The largest absolute Gasteiger partial charge is 0.508 e. The third-order valence-electron chi connectivity index (χ3n) is 4.13. The molecular weight excluding hydrogens is 443 g/mol. The highest BCUT2D eigenvalue weighted by molar-refractivity contribution is 14.0. The topological polar surface area (TPSA) is 82.7 Å². The minimum absolute atomic E-state index is 0. The normalized spacial score (nSPS) is 11.1. The molecule has 2 aromatic rings. The second-order valence-electron chi connectivity index (χ2n) is 5.86. The van der Waals surface area contributed by atoms with Crippen molar-refractivity contribution in [2.24, 2.45) is 4.99 Å². The van der Waals surface area contributed by atoms with E-state index < -0.39 is 0 Å². The number of nitrogens with one attached hydrogen (secondary N) is 2. The molecule has 0 amide bonds. The smallest absolute Gasteiger partial charge is 0.191 e. The van der Waals surface area contributed by atoms with Gasteiger partial charge in [-0.25, -0.2) is 0 Å². The SMILES string of the molecule is CCc1noc(CC)c1CNC(=NC)NCCCc1ccc(O)cc1.I. The monoisotopic (exact) mass is 472 g/mol. The summed E-state index contributed by atoms with van der Waals surface area (Å²) in [6.07, 6.45) is 3.64. The summed E-state index contributed by atoms with van der Waals surface area (Å²) in [5.74, 6) is 2.02. The van der Waals surface area contributed by atoms with E-state index in [2.05, 4.69) is 34.6 Å². The molecule has 6 nitrogen and oxygen atoms in total. The van der Waals surface area contributed by atoms with E-state index in [0.29, 0.717) is 12.3 Å². The molecule has 144 valence electrons. The predicted octanol–water partition coefficient (Wildman–Crippen LogP) is 3.42. The minimum Gasteiger partial charge on any atom is -0.508 e. The van der Waals surface area contributed by atoms with Gasteiger partial charge in [-0.15, -0.1) is 24.0 Å². The zero-order chi connectivity index (χ0) is 18.1. The van der Waals surface area contributed by atoms with Crippen molar-refractivity contribution in [2.75, 3.05) is 13.6 Å². The van der Waals surface area contributed by atoms with Crippen LogP contribution in [0.4, 0.5) is 0 Å². The summed E-state index contributed by atoms with van der Waals surface area (Å²) in [6, 6.07) is 7.34. The molecule has 0 fully saturated rings. The Morgan fingerprint density at radius 3 is 2.50 bits per heavy atom. The molecule has 2 rings (SSSR count). The fourth-order valence-corrected chi connectivity index (χ4v) is 2.69. The second-order valence-corrected chi connectivity index (χ2v) is 5.86. The highest BCUT2D eigenvalue weighted by atomic mass is 127. The Labute approximate surface area is 172 Å². The van der Waals surface area contributed by atoms with Crippen LogP contribution in [0.25, 0.3) is 0 Å². The van der Waals surface area contributed by atoms with Gasteiger partial charge in [-0.3, -0.25) is 4.99 Å². The van der Waals surface area contributed by atoms with Crippen LogP contribution in [-0.4, -0.2) is 29.8 Å². The number of nitrogens with zero attached hydrogens (tertiary/aromatic N) is 2. The van der Waals surface area contributed by atoms with Crippen LogP contribution in [0, 0.1) is 0 Å². The molecule has 26 heavy (non-hydrogen) atoms. The fourth-order valence-electron chi connectivity index (χ4n) is 2.69. The summed E-state index contributed by atoms with van der Waals surface area (Å²) in [6.45, 7) is 5.63. The lowest BCUT2D eigenvalue weighted by Gasteiger charge is -2.12. The van der Waals surface area contributed by atoms with Crippen LogP contribution >= 0.6 is 24.0 Å². The van der Waals surface area contributed by atoms with Crippen LogP contribution < -0.4 is 10.6 Å². The molecule has 0 saturated carbocycles. The van der Waals surface area contributed by atoms with Gasteiger partial charge < -0.3 is 20.3 Å². The molecule has 1 aromatic carbocycles. The van der Waals surface area contributed by atoms with Crippen molar-refractivity contribution in [3.05, 3.63) is 46.8 Å². The molecule has 0 radical (unpaired) electrons. The molecule has 1 aromatic heterocycles. The van der Waals surface area contributed by atoms with Gasteiger partial charge in [0.1, 0.15) is 11.5 Å². The first kappa shape index (κ1) is 22.3. The van der Waals surface area contributed by atoms with Gasteiger partial charge in [-0.05, 0) is 37.0 Å². The number of guanidine groups is 1. The van der Waals surface area contributed by atoms with E-state index in [0.717, 1.165) is 55.2 Å². The molecule has 7 heteroatoms. The number of aromatic nitrogens is 1. The fraction of sp³-hybridized carbons (Fsp3) is 0.474. The zero-order valence-corrected chi connectivity index (χ0v) is 18.0. The van der Waals surface area contributed by atoms with E-state index in [1.54, 1.807) is 19.2 Å². The maximum absolute atomic E-state index is 9.30. The zero-order valence-electron chi connectivity index (χ0n) is 15.7. The van der Waals surface area contributed by atoms with Crippen molar-refractivity contribution >= 4 is 29.9 Å². The van der Waals surface area contributed by atoms with Crippen molar-refractivity contribution in [1.29, 1.82) is 0 Å². The third kappa shape index (κ3) is 6.51. The molecule has 0 bridgehead atoms. The number of benzene rings is 1. The maximum atomic E-state index is 9.30. The van der Waals surface area contributed by atoms with Crippen molar-refractivity contribution in [3.8, 4) is 5.75 Å². The predicted molar refractivity (Wildman–Crippen MR) is 115 cm³/mol. The van der Waals surface area contributed by atoms with Crippen molar-refractivity contribution in [2.45, 2.75) is 46.1 Å². The van der Waals surface area contributed by atoms with E-state index in [4.69, 9.17) is 4.52 Å². The first-order valence-electron chi connectivity index (χ1n) is 8.86. The Balaban J connectivity index is 0.00000338. The average molecular weight is 472 g/mol. The molecule has 0 aliphatic carbocycles. The first-order chi connectivity index (χ1) is 12.2. The second kappa shape index (κ2) is 11.8. The Morgan fingerprint density at radius 1 is 1.15 bits per heavy atom. The van der Waals surface area contributed by atoms with Crippen LogP contribution in [0.15, 0.2) is 33.8 Å². The summed E-state index contributed by atoms with van der Waals surface area (Å²) >= 11 is 0. The van der Waals surface area contributed by atoms with Crippen molar-refractivity contribution in [3.63, 3.8) is 0 Å². The molecule has 1 heterocycles. The quantitative estimate of drug-likeness (QED) is 0.238. The summed E-state index contributed by atoms with van der Waals surface area (Å²) in [5.41, 5.74) is 3.36. The van der Waals surface area contributed by atoms with E-state index >= 15 is 0 Å². The molecule has 0 aliphatic rings. The van der Waals surface area contributed by atoms with Gasteiger partial charge in [0, 0.05) is 32.1 Å². The minimum atomic E-state index is 0. The number of hydrogen-bond acceptors (Lipinski definition) is 4. The van der Waals surface area contributed by atoms with Gasteiger partial charge in [0.15, 0.2) is 5.96 Å². The van der Waals surface area contributed by atoms with Gasteiger partial charge in [-0.2, -0.15) is 0 Å². The maximum Gasteiger partial charge on any atom is 0.191 e. The van der Waals surface area contributed by atoms with E-state index in [1.165, 1.54) is 5.56 Å². The Bertz CT molecular complexity index is 662. The molecule has 0 aliphatic heterocycles. The number of aromatic hydroxyl groups is 1. The van der Waals surface area contributed by atoms with Gasteiger partial charge in [0.25, 0.3) is 0 Å². The number of aliphatic imine (C=N–C) groups is 1. The van der Waals surface area contributed by atoms with Gasteiger partial charge in [-0.1, -0.05) is 31.1 Å². The Hall–Kier alpha value is -1.77. The highest BCUT2D eigenvalue weighted by Crippen LogP contribution is 2.15. The number of rotatable bonds is 8. The van der Waals surface area contributed by atoms with Crippen LogP contribution in [-0.2, 0) is 25.8 Å². The standard InChI is InChI=1S/C19H28N4O2.HI/c1-4-17-16(18(5-2)25-23-17)13-22-19(20-3)21-12-6-7-14-8-10-15(24)11-9-14;/h8-11,24H,4-7,12-13H2,1-3H3,(H2,20,21,22);1H. The van der Waals surface area contributed by atoms with Gasteiger partial charge in [0.2, 0.25) is 0 Å². The Kier molecular flexibility index (Phi) is 10.1. The van der Waals surface area contributed by atoms with E-state index in [9.17, 15) is 5.11 Å². The number of phenolic OH excluding ortho intramolecular Hbond substituents is 1. The molecule has 0 unspecified atom stereocenters. The van der Waals surface area contributed by atoms with Crippen LogP contribution in [0.1, 0.15) is 42.8 Å². The molecule has 0 spiro atoms. The van der Waals surface area contributed by atoms with Crippen molar-refractivity contribution in [1.82, 2.24) is 15.8 Å². The molecular formula is C19H29IN4O2. The summed E-state index contributed by atoms with van der Waals surface area (Å²) in [4.78, 5) is 4.26. The van der Waals surface area contributed by atoms with Gasteiger partial charge in [0.05, 0.1) is 5.69 Å². The molecule has 3 N–H and O–H groups in total. The molecule has 0 atom stereocenters. The highest BCUT2D eigenvalue weighted by Gasteiger charge is 2.13. The molecule has 0 saturated heterocycles. The number of halogens is 1.